The summed E-state index contributed by atoms with van der Waals surface area (Å²) in [5, 5.41) is 11.4. The summed E-state index contributed by atoms with van der Waals surface area (Å²) in [6, 6.07) is 5.93. The fourth-order valence-electron chi connectivity index (χ4n) is 1.69. The summed E-state index contributed by atoms with van der Waals surface area (Å²) in [5.41, 5.74) is 2.01. The summed E-state index contributed by atoms with van der Waals surface area (Å²) < 4.78 is 6.81. The fraction of sp³-hybridized carbons (Fsp3) is 0.462. The molecule has 2 rings (SSSR count). The number of nitrogens with one attached hydrogen (secondary N) is 1. The van der Waals surface area contributed by atoms with Gasteiger partial charge in [-0.05, 0) is 12.1 Å². The minimum Gasteiger partial charge on any atom is -0.383 e. The average molecular weight is 261 g/mol. The van der Waals surface area contributed by atoms with Crippen molar-refractivity contribution in [1.29, 1.82) is 0 Å². The second-order valence-corrected chi connectivity index (χ2v) is 4.21. The molecule has 19 heavy (non-hydrogen) atoms. The van der Waals surface area contributed by atoms with Crippen LogP contribution in [0.4, 0.5) is 0 Å². The van der Waals surface area contributed by atoms with E-state index in [4.69, 9.17) is 4.74 Å². The van der Waals surface area contributed by atoms with Crippen molar-refractivity contribution in [1.82, 2.24) is 25.3 Å². The molecule has 0 saturated carbocycles. The third-order valence-corrected chi connectivity index (χ3v) is 2.70. The zero-order chi connectivity index (χ0) is 13.3. The standard InChI is InChI=1S/C13H19N5O/c1-19-9-7-14-10-13-11-18(17-16-13)8-5-12-4-2-3-6-15-12/h2-4,6,11,14H,5,7-10H2,1H3. The van der Waals surface area contributed by atoms with Crippen molar-refractivity contribution in [2.45, 2.75) is 19.5 Å². The molecule has 0 bridgehead atoms. The summed E-state index contributed by atoms with van der Waals surface area (Å²) >= 11 is 0. The van der Waals surface area contributed by atoms with E-state index in [1.54, 1.807) is 7.11 Å². The maximum Gasteiger partial charge on any atom is 0.0964 e. The molecule has 0 radical (unpaired) electrons. The number of rotatable bonds is 8. The van der Waals surface area contributed by atoms with Crippen LogP contribution in [0.5, 0.6) is 0 Å². The smallest absolute Gasteiger partial charge is 0.0964 e. The molecule has 0 saturated heterocycles. The van der Waals surface area contributed by atoms with Crippen molar-refractivity contribution in [3.05, 3.63) is 42.0 Å². The van der Waals surface area contributed by atoms with Crippen LogP contribution in [0.3, 0.4) is 0 Å². The molecule has 0 aliphatic carbocycles. The van der Waals surface area contributed by atoms with Gasteiger partial charge in [0.15, 0.2) is 0 Å². The molecule has 1 N–H and O–H groups in total. The van der Waals surface area contributed by atoms with E-state index in [2.05, 4.69) is 20.6 Å². The summed E-state index contributed by atoms with van der Waals surface area (Å²) in [4.78, 5) is 4.28. The van der Waals surface area contributed by atoms with Gasteiger partial charge < -0.3 is 10.1 Å². The fourth-order valence-corrected chi connectivity index (χ4v) is 1.69. The Kier molecular flexibility index (Phi) is 5.46. The Morgan fingerprint density at radius 2 is 2.26 bits per heavy atom. The number of nitrogens with zero attached hydrogens (tertiary/aromatic N) is 4. The highest BCUT2D eigenvalue weighted by Gasteiger charge is 2.01. The molecule has 0 aliphatic rings. The van der Waals surface area contributed by atoms with Crippen LogP contribution in [0.25, 0.3) is 0 Å². The summed E-state index contributed by atoms with van der Waals surface area (Å²) in [7, 11) is 1.69. The molecule has 102 valence electrons. The SMILES string of the molecule is COCCNCc1cn(CCc2ccccn2)nn1. The van der Waals surface area contributed by atoms with Crippen molar-refractivity contribution < 1.29 is 4.74 Å². The van der Waals surface area contributed by atoms with E-state index in [1.807, 2.05) is 35.3 Å². The molecule has 2 heterocycles. The number of hydrogen-bond donors (Lipinski definition) is 1. The van der Waals surface area contributed by atoms with Gasteiger partial charge in [0, 0.05) is 51.3 Å². The van der Waals surface area contributed by atoms with Crippen LogP contribution in [0.2, 0.25) is 0 Å². The van der Waals surface area contributed by atoms with E-state index < -0.39 is 0 Å². The second-order valence-electron chi connectivity index (χ2n) is 4.21. The third-order valence-electron chi connectivity index (χ3n) is 2.70. The van der Waals surface area contributed by atoms with E-state index in [0.717, 1.165) is 30.9 Å². The van der Waals surface area contributed by atoms with Crippen LogP contribution in [0, 0.1) is 0 Å². The Morgan fingerprint density at radius 3 is 3.05 bits per heavy atom. The van der Waals surface area contributed by atoms with Gasteiger partial charge in [0.25, 0.3) is 0 Å². The van der Waals surface area contributed by atoms with Gasteiger partial charge in [0.05, 0.1) is 12.3 Å². The predicted octanol–water partition coefficient (Wildman–Crippen LogP) is 0.652. The Balaban J connectivity index is 1.74. The molecule has 6 nitrogen and oxygen atoms in total. The Bertz CT molecular complexity index is 471. The van der Waals surface area contributed by atoms with Gasteiger partial charge in [-0.15, -0.1) is 5.10 Å². The number of hydrogen-bond acceptors (Lipinski definition) is 5. The molecular formula is C13H19N5O. The minimum absolute atomic E-state index is 0.702. The molecule has 0 amide bonds. The van der Waals surface area contributed by atoms with Gasteiger partial charge in [0.2, 0.25) is 0 Å². The number of ether oxygens (including phenoxy) is 1. The van der Waals surface area contributed by atoms with Gasteiger partial charge in [-0.2, -0.15) is 0 Å². The first-order valence-corrected chi connectivity index (χ1v) is 6.37. The van der Waals surface area contributed by atoms with Gasteiger partial charge in [0.1, 0.15) is 0 Å². The highest BCUT2D eigenvalue weighted by Crippen LogP contribution is 1.98. The molecule has 6 heteroatoms. The maximum atomic E-state index is 4.96. The van der Waals surface area contributed by atoms with Crippen molar-refractivity contribution in [2.24, 2.45) is 0 Å². The monoisotopic (exact) mass is 261 g/mol. The number of pyridine rings is 1. The molecule has 2 aromatic heterocycles. The molecule has 2 aromatic rings. The van der Waals surface area contributed by atoms with Crippen LogP contribution in [-0.4, -0.2) is 40.2 Å². The molecule has 0 aliphatic heterocycles. The van der Waals surface area contributed by atoms with Crippen molar-refractivity contribution in [3.8, 4) is 0 Å². The zero-order valence-corrected chi connectivity index (χ0v) is 11.1. The lowest BCUT2D eigenvalue weighted by Crippen LogP contribution is -2.18. The first-order chi connectivity index (χ1) is 9.38. The van der Waals surface area contributed by atoms with Crippen LogP contribution < -0.4 is 5.32 Å². The quantitative estimate of drug-likeness (QED) is 0.707. The Morgan fingerprint density at radius 1 is 1.32 bits per heavy atom. The maximum absolute atomic E-state index is 4.96. The lowest BCUT2D eigenvalue weighted by molar-refractivity contribution is 0.199. The molecule has 0 spiro atoms. The summed E-state index contributed by atoms with van der Waals surface area (Å²) in [6.07, 6.45) is 4.63. The van der Waals surface area contributed by atoms with Gasteiger partial charge >= 0.3 is 0 Å². The molecule has 0 atom stereocenters. The van der Waals surface area contributed by atoms with Gasteiger partial charge in [-0.3, -0.25) is 9.67 Å². The van der Waals surface area contributed by atoms with E-state index >= 15 is 0 Å². The van der Waals surface area contributed by atoms with E-state index in [-0.39, 0.29) is 0 Å². The Labute approximate surface area is 112 Å². The molecule has 0 fully saturated rings. The van der Waals surface area contributed by atoms with E-state index in [1.165, 1.54) is 0 Å². The lowest BCUT2D eigenvalue weighted by Gasteiger charge is -2.00. The Hall–Kier alpha value is -1.79. The third kappa shape index (κ3) is 4.76. The van der Waals surface area contributed by atoms with Gasteiger partial charge in [-0.1, -0.05) is 11.3 Å². The predicted molar refractivity (Wildman–Crippen MR) is 71.5 cm³/mol. The largest absolute Gasteiger partial charge is 0.383 e. The highest BCUT2D eigenvalue weighted by molar-refractivity contribution is 5.03. The van der Waals surface area contributed by atoms with E-state index in [0.29, 0.717) is 13.2 Å². The first kappa shape index (κ1) is 13.6. The van der Waals surface area contributed by atoms with Crippen molar-refractivity contribution in [3.63, 3.8) is 0 Å². The van der Waals surface area contributed by atoms with Crippen molar-refractivity contribution in [2.75, 3.05) is 20.3 Å². The van der Waals surface area contributed by atoms with Crippen LogP contribution in [0.15, 0.2) is 30.6 Å². The average Bonchev–Trinajstić information content (AvgIpc) is 2.91. The molecule has 0 aromatic carbocycles. The number of aryl methyl sites for hydroxylation is 2. The van der Waals surface area contributed by atoms with Crippen LogP contribution in [0.1, 0.15) is 11.4 Å². The van der Waals surface area contributed by atoms with Crippen LogP contribution in [-0.2, 0) is 24.2 Å². The summed E-state index contributed by atoms with van der Waals surface area (Å²) in [6.45, 7) is 3.03. The highest BCUT2D eigenvalue weighted by atomic mass is 16.5. The molecular weight excluding hydrogens is 242 g/mol. The van der Waals surface area contributed by atoms with E-state index in [9.17, 15) is 0 Å². The normalized spacial score (nSPS) is 10.8. The lowest BCUT2D eigenvalue weighted by atomic mass is 10.3. The second kappa shape index (κ2) is 7.60. The minimum atomic E-state index is 0.702. The number of aromatic nitrogens is 4. The van der Waals surface area contributed by atoms with Crippen LogP contribution >= 0.6 is 0 Å². The van der Waals surface area contributed by atoms with Crippen molar-refractivity contribution >= 4 is 0 Å². The number of methoxy groups -OCH3 is 1. The molecule has 0 unspecified atom stereocenters. The van der Waals surface area contributed by atoms with Gasteiger partial charge in [-0.25, -0.2) is 0 Å². The topological polar surface area (TPSA) is 64.9 Å². The first-order valence-electron chi connectivity index (χ1n) is 6.37. The zero-order valence-electron chi connectivity index (χ0n) is 11.1. The summed E-state index contributed by atoms with van der Waals surface area (Å²) in [5.74, 6) is 0.